The fraction of sp³-hybridized carbons (Fsp3) is 0.261. The van der Waals surface area contributed by atoms with Gasteiger partial charge in [0.25, 0.3) is 11.5 Å². The smallest absolute Gasteiger partial charge is 0.325 e. The summed E-state index contributed by atoms with van der Waals surface area (Å²) in [6, 6.07) is 11.0. The molecule has 0 bridgehead atoms. The molecule has 0 aliphatic rings. The number of amides is 1. The standard InChI is InChI=1S/C23H23N5O4/c1-13-5-6-18-17(10-13)22(31)27(4)23-26-25-19(28(18)23)12-32-20(29)11-24-21(30)16-8-14(2)7-15(3)9-16/h5-10H,11-12H2,1-4H3,(H,24,30). The quantitative estimate of drug-likeness (QED) is 0.482. The van der Waals surface area contributed by atoms with Gasteiger partial charge in [-0.2, -0.15) is 0 Å². The second-order valence-corrected chi connectivity index (χ2v) is 7.86. The number of rotatable bonds is 5. The van der Waals surface area contributed by atoms with Gasteiger partial charge in [-0.3, -0.25) is 23.4 Å². The van der Waals surface area contributed by atoms with E-state index in [4.69, 9.17) is 4.74 Å². The molecule has 0 fully saturated rings. The van der Waals surface area contributed by atoms with Gasteiger partial charge in [-0.05, 0) is 45.0 Å². The van der Waals surface area contributed by atoms with Crippen molar-refractivity contribution >= 4 is 28.6 Å². The van der Waals surface area contributed by atoms with E-state index < -0.39 is 5.97 Å². The molecule has 2 aromatic heterocycles. The Morgan fingerprint density at radius 2 is 1.72 bits per heavy atom. The molecule has 4 rings (SSSR count). The largest absolute Gasteiger partial charge is 0.456 e. The first-order valence-corrected chi connectivity index (χ1v) is 10.1. The van der Waals surface area contributed by atoms with Gasteiger partial charge in [0.15, 0.2) is 12.4 Å². The van der Waals surface area contributed by atoms with Gasteiger partial charge in [-0.25, -0.2) is 0 Å². The summed E-state index contributed by atoms with van der Waals surface area (Å²) < 4.78 is 8.41. The highest BCUT2D eigenvalue weighted by Crippen LogP contribution is 2.16. The van der Waals surface area contributed by atoms with Gasteiger partial charge >= 0.3 is 5.97 Å². The number of nitrogens with zero attached hydrogens (tertiary/aromatic N) is 4. The molecule has 0 spiro atoms. The average molecular weight is 433 g/mol. The maximum atomic E-state index is 12.6. The van der Waals surface area contributed by atoms with Crippen LogP contribution < -0.4 is 10.9 Å². The summed E-state index contributed by atoms with van der Waals surface area (Å²) in [5.74, 6) is -0.235. The highest BCUT2D eigenvalue weighted by Gasteiger charge is 2.17. The number of hydrogen-bond donors (Lipinski definition) is 1. The summed E-state index contributed by atoms with van der Waals surface area (Å²) >= 11 is 0. The lowest BCUT2D eigenvalue weighted by Gasteiger charge is -2.09. The Balaban J connectivity index is 1.50. The number of aromatic nitrogens is 4. The summed E-state index contributed by atoms with van der Waals surface area (Å²) in [4.78, 5) is 37.2. The van der Waals surface area contributed by atoms with Crippen molar-refractivity contribution in [1.29, 1.82) is 0 Å². The molecule has 32 heavy (non-hydrogen) atoms. The zero-order valence-corrected chi connectivity index (χ0v) is 18.3. The van der Waals surface area contributed by atoms with Crippen LogP contribution in [0.3, 0.4) is 0 Å². The molecule has 0 saturated heterocycles. The minimum absolute atomic E-state index is 0.152. The van der Waals surface area contributed by atoms with Crippen LogP contribution in [0, 0.1) is 20.8 Å². The molecule has 0 aliphatic carbocycles. The van der Waals surface area contributed by atoms with Crippen LogP contribution >= 0.6 is 0 Å². The van der Waals surface area contributed by atoms with Crippen molar-refractivity contribution < 1.29 is 14.3 Å². The third-order valence-corrected chi connectivity index (χ3v) is 5.18. The summed E-state index contributed by atoms with van der Waals surface area (Å²) in [7, 11) is 1.62. The minimum atomic E-state index is -0.607. The van der Waals surface area contributed by atoms with Crippen LogP contribution in [0.5, 0.6) is 0 Å². The maximum absolute atomic E-state index is 12.6. The van der Waals surface area contributed by atoms with Crippen LogP contribution in [0.15, 0.2) is 41.2 Å². The molecule has 2 heterocycles. The molecule has 164 valence electrons. The molecule has 2 aromatic carbocycles. The molecular weight excluding hydrogens is 410 g/mol. The fourth-order valence-corrected chi connectivity index (χ4v) is 3.71. The third kappa shape index (κ3) is 3.96. The molecule has 0 atom stereocenters. The number of fused-ring (bicyclic) bond motifs is 3. The van der Waals surface area contributed by atoms with Gasteiger partial charge in [-0.1, -0.05) is 28.8 Å². The van der Waals surface area contributed by atoms with E-state index >= 15 is 0 Å². The third-order valence-electron chi connectivity index (χ3n) is 5.18. The molecule has 1 amide bonds. The monoisotopic (exact) mass is 433 g/mol. The number of nitrogens with one attached hydrogen (secondary N) is 1. The van der Waals surface area contributed by atoms with Crippen LogP contribution in [0.2, 0.25) is 0 Å². The lowest BCUT2D eigenvalue weighted by molar-refractivity contribution is -0.143. The van der Waals surface area contributed by atoms with Crippen molar-refractivity contribution in [2.45, 2.75) is 27.4 Å². The van der Waals surface area contributed by atoms with Crippen molar-refractivity contribution in [2.24, 2.45) is 7.05 Å². The van der Waals surface area contributed by atoms with E-state index in [0.29, 0.717) is 28.1 Å². The van der Waals surface area contributed by atoms with Crippen LogP contribution in [0.1, 0.15) is 32.9 Å². The molecule has 0 unspecified atom stereocenters. The Labute approximate surface area is 183 Å². The second kappa shape index (κ2) is 8.26. The van der Waals surface area contributed by atoms with Crippen LogP contribution in [0.25, 0.3) is 16.7 Å². The van der Waals surface area contributed by atoms with E-state index in [1.54, 1.807) is 29.6 Å². The summed E-state index contributed by atoms with van der Waals surface area (Å²) in [5, 5.41) is 11.3. The Morgan fingerprint density at radius 1 is 1.00 bits per heavy atom. The molecule has 0 radical (unpaired) electrons. The van der Waals surface area contributed by atoms with Gasteiger partial charge in [0.05, 0.1) is 10.9 Å². The lowest BCUT2D eigenvalue weighted by atomic mass is 10.1. The van der Waals surface area contributed by atoms with Gasteiger partial charge in [-0.15, -0.1) is 10.2 Å². The van der Waals surface area contributed by atoms with Crippen LogP contribution in [-0.4, -0.2) is 37.6 Å². The molecule has 0 saturated carbocycles. The number of carbonyl (C=O) groups is 2. The second-order valence-electron chi connectivity index (χ2n) is 7.86. The molecule has 9 heteroatoms. The highest BCUT2D eigenvalue weighted by molar-refractivity contribution is 5.96. The zero-order chi connectivity index (χ0) is 23.0. The topological polar surface area (TPSA) is 108 Å². The first-order chi connectivity index (χ1) is 15.2. The molecular formula is C23H23N5O4. The van der Waals surface area contributed by atoms with Gasteiger partial charge < -0.3 is 10.1 Å². The van der Waals surface area contributed by atoms with Gasteiger partial charge in [0.1, 0.15) is 6.54 Å². The molecule has 4 aromatic rings. The maximum Gasteiger partial charge on any atom is 0.325 e. The Hall–Kier alpha value is -4.01. The number of hydrogen-bond acceptors (Lipinski definition) is 6. The van der Waals surface area contributed by atoms with Crippen molar-refractivity contribution in [3.8, 4) is 0 Å². The van der Waals surface area contributed by atoms with Crippen molar-refractivity contribution in [3.05, 3.63) is 74.8 Å². The zero-order valence-electron chi connectivity index (χ0n) is 18.3. The Kier molecular flexibility index (Phi) is 5.48. The SMILES string of the molecule is Cc1cc(C)cc(C(=O)NCC(=O)OCc2nnc3n(C)c(=O)c4cc(C)ccc4n23)c1. The van der Waals surface area contributed by atoms with E-state index in [1.807, 2.05) is 39.0 Å². The van der Waals surface area contributed by atoms with E-state index in [0.717, 1.165) is 16.7 Å². The predicted molar refractivity (Wildman–Crippen MR) is 119 cm³/mol. The number of ether oxygens (including phenoxy) is 1. The number of carbonyl (C=O) groups excluding carboxylic acids is 2. The van der Waals surface area contributed by atoms with Crippen molar-refractivity contribution in [3.63, 3.8) is 0 Å². The van der Waals surface area contributed by atoms with E-state index in [-0.39, 0.29) is 24.6 Å². The van der Waals surface area contributed by atoms with Gasteiger partial charge in [0, 0.05) is 12.6 Å². The number of aryl methyl sites for hydroxylation is 4. The summed E-state index contributed by atoms with van der Waals surface area (Å²) in [6.07, 6.45) is 0. The summed E-state index contributed by atoms with van der Waals surface area (Å²) in [5.41, 5.74) is 3.83. The van der Waals surface area contributed by atoms with Crippen LogP contribution in [0.4, 0.5) is 0 Å². The van der Waals surface area contributed by atoms with E-state index in [1.165, 1.54) is 4.57 Å². The Bertz CT molecular complexity index is 1410. The van der Waals surface area contributed by atoms with Crippen molar-refractivity contribution in [1.82, 2.24) is 24.5 Å². The van der Waals surface area contributed by atoms with E-state index in [9.17, 15) is 14.4 Å². The molecule has 0 aliphatic heterocycles. The number of benzene rings is 2. The number of esters is 1. The fourth-order valence-electron chi connectivity index (χ4n) is 3.71. The molecule has 1 N–H and O–H groups in total. The minimum Gasteiger partial charge on any atom is -0.456 e. The van der Waals surface area contributed by atoms with Crippen molar-refractivity contribution in [2.75, 3.05) is 6.54 Å². The Morgan fingerprint density at radius 3 is 2.44 bits per heavy atom. The first-order valence-electron chi connectivity index (χ1n) is 10.1. The highest BCUT2D eigenvalue weighted by atomic mass is 16.5. The van der Waals surface area contributed by atoms with Crippen LogP contribution in [-0.2, 0) is 23.2 Å². The lowest BCUT2D eigenvalue weighted by Crippen LogP contribution is -2.30. The normalized spacial score (nSPS) is 11.1. The molecule has 9 nitrogen and oxygen atoms in total. The summed E-state index contributed by atoms with van der Waals surface area (Å²) in [6.45, 7) is 5.29. The predicted octanol–water partition coefficient (Wildman–Crippen LogP) is 1.98. The average Bonchev–Trinajstić information content (AvgIpc) is 3.17. The first kappa shape index (κ1) is 21.2. The van der Waals surface area contributed by atoms with Gasteiger partial charge in [0.2, 0.25) is 5.78 Å². The van der Waals surface area contributed by atoms with E-state index in [2.05, 4.69) is 15.5 Å².